The van der Waals surface area contributed by atoms with Crippen LogP contribution >= 0.6 is 22.7 Å². The van der Waals surface area contributed by atoms with Crippen LogP contribution in [0.15, 0.2) is 46.6 Å². The van der Waals surface area contributed by atoms with Gasteiger partial charge in [-0.15, -0.1) is 16.4 Å². The Bertz CT molecular complexity index is 1130. The van der Waals surface area contributed by atoms with Crippen molar-refractivity contribution in [1.29, 1.82) is 0 Å². The van der Waals surface area contributed by atoms with Crippen molar-refractivity contribution in [2.45, 2.75) is 19.8 Å². The SMILES string of the molecule is CCCCOc1ccccc1/C=c1\sc2nc(-c3cccs3)nn2c1=O. The largest absolute Gasteiger partial charge is 0.493 e. The maximum Gasteiger partial charge on any atom is 0.291 e. The van der Waals surface area contributed by atoms with Crippen LogP contribution in [0.1, 0.15) is 25.3 Å². The summed E-state index contributed by atoms with van der Waals surface area (Å²) in [5.74, 6) is 1.39. The smallest absolute Gasteiger partial charge is 0.291 e. The van der Waals surface area contributed by atoms with Crippen LogP contribution in [0.25, 0.3) is 21.7 Å². The highest BCUT2D eigenvalue weighted by atomic mass is 32.1. The molecule has 0 saturated carbocycles. The molecule has 132 valence electrons. The summed E-state index contributed by atoms with van der Waals surface area (Å²) in [6, 6.07) is 11.7. The summed E-state index contributed by atoms with van der Waals surface area (Å²) in [6.45, 7) is 2.80. The quantitative estimate of drug-likeness (QED) is 0.477. The van der Waals surface area contributed by atoms with Gasteiger partial charge in [0.25, 0.3) is 5.56 Å². The molecule has 5 nitrogen and oxygen atoms in total. The highest BCUT2D eigenvalue weighted by Gasteiger charge is 2.12. The van der Waals surface area contributed by atoms with Gasteiger partial charge < -0.3 is 4.74 Å². The first-order valence-corrected chi connectivity index (χ1v) is 10.1. The predicted octanol–water partition coefficient (Wildman–Crippen LogP) is 3.61. The van der Waals surface area contributed by atoms with Crippen LogP contribution in [0.3, 0.4) is 0 Å². The molecule has 0 atom stereocenters. The Morgan fingerprint density at radius 3 is 2.88 bits per heavy atom. The van der Waals surface area contributed by atoms with Gasteiger partial charge in [0.2, 0.25) is 4.96 Å². The zero-order chi connectivity index (χ0) is 17.9. The Morgan fingerprint density at radius 1 is 1.23 bits per heavy atom. The van der Waals surface area contributed by atoms with Gasteiger partial charge in [-0.25, -0.2) is 0 Å². The first-order chi connectivity index (χ1) is 12.8. The fraction of sp³-hybridized carbons (Fsp3) is 0.211. The molecule has 3 aromatic heterocycles. The van der Waals surface area contributed by atoms with Crippen LogP contribution in [0.5, 0.6) is 5.75 Å². The summed E-state index contributed by atoms with van der Waals surface area (Å²) in [5, 5.41) is 6.33. The molecule has 0 aliphatic heterocycles. The third-order valence-corrected chi connectivity index (χ3v) is 5.71. The van der Waals surface area contributed by atoms with Gasteiger partial charge in [0.15, 0.2) is 5.82 Å². The van der Waals surface area contributed by atoms with E-state index in [4.69, 9.17) is 4.74 Å². The van der Waals surface area contributed by atoms with E-state index >= 15 is 0 Å². The predicted molar refractivity (Wildman–Crippen MR) is 106 cm³/mol. The van der Waals surface area contributed by atoms with Crippen LogP contribution < -0.4 is 14.8 Å². The molecule has 0 N–H and O–H groups in total. The molecule has 3 heterocycles. The van der Waals surface area contributed by atoms with Gasteiger partial charge >= 0.3 is 0 Å². The second kappa shape index (κ2) is 7.39. The zero-order valence-corrected chi connectivity index (χ0v) is 15.8. The van der Waals surface area contributed by atoms with E-state index in [1.807, 2.05) is 47.9 Å². The molecule has 7 heteroatoms. The lowest BCUT2D eigenvalue weighted by molar-refractivity contribution is 0.309. The molecule has 0 unspecified atom stereocenters. The molecule has 0 aliphatic carbocycles. The van der Waals surface area contributed by atoms with Crippen molar-refractivity contribution in [3.63, 3.8) is 0 Å². The van der Waals surface area contributed by atoms with E-state index in [9.17, 15) is 4.79 Å². The lowest BCUT2D eigenvalue weighted by Crippen LogP contribution is -2.23. The number of ether oxygens (including phenoxy) is 1. The van der Waals surface area contributed by atoms with Gasteiger partial charge in [0.1, 0.15) is 5.75 Å². The number of hydrogen-bond acceptors (Lipinski definition) is 6. The van der Waals surface area contributed by atoms with Crippen molar-refractivity contribution in [2.75, 3.05) is 6.61 Å². The van der Waals surface area contributed by atoms with Gasteiger partial charge in [-0.3, -0.25) is 4.79 Å². The molecule has 0 radical (unpaired) electrons. The fourth-order valence-electron chi connectivity index (χ4n) is 2.54. The van der Waals surface area contributed by atoms with Crippen molar-refractivity contribution in [3.8, 4) is 16.5 Å². The summed E-state index contributed by atoms with van der Waals surface area (Å²) >= 11 is 2.90. The van der Waals surface area contributed by atoms with E-state index in [0.717, 1.165) is 29.0 Å². The standard InChI is InChI=1S/C19H17N3O2S2/c1-2-3-10-24-14-8-5-4-7-13(14)12-16-18(23)22-19(26-16)20-17(21-22)15-9-6-11-25-15/h4-9,11-12H,2-3,10H2,1H3/b16-12-. The topological polar surface area (TPSA) is 56.5 Å². The number of rotatable bonds is 6. The normalized spacial score (nSPS) is 12.1. The molecule has 0 bridgehead atoms. The van der Waals surface area contributed by atoms with Crippen molar-refractivity contribution in [3.05, 3.63) is 62.2 Å². The molecule has 0 spiro atoms. The van der Waals surface area contributed by atoms with Crippen LogP contribution in [0.2, 0.25) is 0 Å². The molecule has 0 fully saturated rings. The second-order valence-electron chi connectivity index (χ2n) is 5.76. The highest BCUT2D eigenvalue weighted by molar-refractivity contribution is 7.15. The molecule has 4 aromatic rings. The van der Waals surface area contributed by atoms with E-state index in [1.54, 1.807) is 11.3 Å². The van der Waals surface area contributed by atoms with E-state index in [1.165, 1.54) is 15.9 Å². The number of fused-ring (bicyclic) bond motifs is 1. The minimum atomic E-state index is -0.149. The third kappa shape index (κ3) is 3.27. The third-order valence-electron chi connectivity index (χ3n) is 3.88. The molecule has 1 aromatic carbocycles. The first kappa shape index (κ1) is 16.9. The number of benzene rings is 1. The Balaban J connectivity index is 1.72. The van der Waals surface area contributed by atoms with Crippen LogP contribution in [-0.2, 0) is 0 Å². The summed E-state index contributed by atoms with van der Waals surface area (Å²) in [6.07, 6.45) is 3.94. The summed E-state index contributed by atoms with van der Waals surface area (Å²) < 4.78 is 7.83. The number of nitrogens with zero attached hydrogens (tertiary/aromatic N) is 3. The van der Waals surface area contributed by atoms with Gasteiger partial charge in [0.05, 0.1) is 16.0 Å². The van der Waals surface area contributed by atoms with Crippen LogP contribution in [-0.4, -0.2) is 21.2 Å². The van der Waals surface area contributed by atoms with Gasteiger partial charge in [0, 0.05) is 5.56 Å². The molecular formula is C19H17N3O2S2. The number of thiazole rings is 1. The fourth-order valence-corrected chi connectivity index (χ4v) is 4.09. The average Bonchev–Trinajstić information content (AvgIpc) is 3.36. The maximum absolute atomic E-state index is 12.7. The Morgan fingerprint density at radius 2 is 2.12 bits per heavy atom. The maximum atomic E-state index is 12.7. The van der Waals surface area contributed by atoms with Crippen LogP contribution in [0, 0.1) is 0 Å². The van der Waals surface area contributed by atoms with Crippen LogP contribution in [0.4, 0.5) is 0 Å². The van der Waals surface area contributed by atoms with Gasteiger partial charge in [-0.2, -0.15) is 9.50 Å². The minimum absolute atomic E-state index is 0.149. The monoisotopic (exact) mass is 383 g/mol. The molecule has 0 amide bonds. The van der Waals surface area contributed by atoms with E-state index < -0.39 is 0 Å². The Labute approximate surface area is 158 Å². The lowest BCUT2D eigenvalue weighted by atomic mass is 10.2. The number of unbranched alkanes of at least 4 members (excludes halogenated alkanes) is 1. The van der Waals surface area contributed by atoms with Gasteiger partial charge in [-0.1, -0.05) is 48.9 Å². The van der Waals surface area contributed by atoms with Crippen molar-refractivity contribution in [1.82, 2.24) is 14.6 Å². The molecule has 0 saturated heterocycles. The second-order valence-corrected chi connectivity index (χ2v) is 7.72. The molecule has 4 rings (SSSR count). The number of thiophene rings is 1. The Hall–Kier alpha value is -2.51. The van der Waals surface area contributed by atoms with Crippen molar-refractivity contribution < 1.29 is 4.74 Å². The minimum Gasteiger partial charge on any atom is -0.493 e. The molecule has 0 aliphatic rings. The number of para-hydroxylation sites is 1. The van der Waals surface area contributed by atoms with E-state index in [-0.39, 0.29) is 5.56 Å². The molecular weight excluding hydrogens is 366 g/mol. The highest BCUT2D eigenvalue weighted by Crippen LogP contribution is 2.22. The average molecular weight is 383 g/mol. The zero-order valence-electron chi connectivity index (χ0n) is 14.2. The molecule has 26 heavy (non-hydrogen) atoms. The lowest BCUT2D eigenvalue weighted by Gasteiger charge is -2.07. The van der Waals surface area contributed by atoms with Crippen molar-refractivity contribution >= 4 is 33.7 Å². The van der Waals surface area contributed by atoms with Crippen molar-refractivity contribution in [2.24, 2.45) is 0 Å². The van der Waals surface area contributed by atoms with E-state index in [0.29, 0.717) is 21.9 Å². The summed E-state index contributed by atoms with van der Waals surface area (Å²) in [4.78, 5) is 18.7. The first-order valence-electron chi connectivity index (χ1n) is 8.43. The van der Waals surface area contributed by atoms with E-state index in [2.05, 4.69) is 17.0 Å². The number of aromatic nitrogens is 3. The number of hydrogen-bond donors (Lipinski definition) is 0. The Kier molecular flexibility index (Phi) is 4.81. The summed E-state index contributed by atoms with van der Waals surface area (Å²) in [7, 11) is 0. The van der Waals surface area contributed by atoms with Gasteiger partial charge in [-0.05, 0) is 30.0 Å². The summed E-state index contributed by atoms with van der Waals surface area (Å²) in [5.41, 5.74) is 0.743.